The van der Waals surface area contributed by atoms with E-state index in [2.05, 4.69) is 116 Å². The van der Waals surface area contributed by atoms with Crippen molar-refractivity contribution in [1.82, 2.24) is 5.32 Å². The van der Waals surface area contributed by atoms with Crippen LogP contribution in [0.25, 0.3) is 0 Å². The SMILES string of the molecule is CC/C=C\C/C=C\C/C=C\C/C=C\C/C=C\C/C=C\C/C=C\C/C=C\CCCCCCCCCCCCCCC(=O)NC(COP(=O)([O-])OCC[N+](C)(C)C)C(O)CCCCCCCCCCCCCCCCC. The van der Waals surface area contributed by atoms with Crippen LogP contribution in [-0.2, 0) is 18.4 Å². The molecule has 0 bridgehead atoms. The molecule has 3 atom stereocenters. The summed E-state index contributed by atoms with van der Waals surface area (Å²) in [7, 11) is 1.30. The topological polar surface area (TPSA) is 108 Å². The average Bonchev–Trinajstić information content (AvgIpc) is 3.36. The lowest BCUT2D eigenvalue weighted by atomic mass is 10.0. The average molecular weight is 1050 g/mol. The number of hydrogen-bond acceptors (Lipinski definition) is 6. The van der Waals surface area contributed by atoms with Crippen molar-refractivity contribution in [3.63, 3.8) is 0 Å². The summed E-state index contributed by atoms with van der Waals surface area (Å²) in [5.41, 5.74) is 0. The van der Waals surface area contributed by atoms with Crippen molar-refractivity contribution >= 4 is 13.7 Å². The van der Waals surface area contributed by atoms with E-state index in [0.29, 0.717) is 23.9 Å². The zero-order valence-electron chi connectivity index (χ0n) is 48.8. The van der Waals surface area contributed by atoms with Gasteiger partial charge >= 0.3 is 0 Å². The van der Waals surface area contributed by atoms with Crippen LogP contribution in [-0.4, -0.2) is 68.5 Å². The smallest absolute Gasteiger partial charge is 0.268 e. The standard InChI is InChI=1S/C65H117N2O6P/c1-6-8-10-12-14-16-18-20-22-23-24-25-26-27-28-29-30-31-32-33-34-35-36-37-38-39-40-41-42-43-45-47-49-51-53-55-57-59-65(69)66-63(62-73-74(70,71)72-61-60-67(3,4)5)64(68)58-56-54-52-50-48-46-44-21-19-17-15-13-11-9-7-2/h8,10,14,16,20,22,24-25,27-28,30-31,33-34,36-37,63-64,68H,6-7,9,11-13,15,17-19,21,23,26,29,32,35,38-62H2,1-5H3,(H-,66,69,70,71)/b10-8-,16-14-,22-20-,25-24-,28-27-,31-30-,34-33-,37-36-. The second-order valence-corrected chi connectivity index (χ2v) is 23.1. The number of hydrogen-bond donors (Lipinski definition) is 2. The van der Waals surface area contributed by atoms with Crippen LogP contribution < -0.4 is 10.2 Å². The maximum absolute atomic E-state index is 13.0. The second-order valence-electron chi connectivity index (χ2n) is 21.7. The van der Waals surface area contributed by atoms with Crippen LogP contribution in [0, 0.1) is 0 Å². The van der Waals surface area contributed by atoms with Crippen molar-refractivity contribution in [2.24, 2.45) is 0 Å². The Bertz CT molecular complexity index is 1520. The second kappa shape index (κ2) is 55.2. The van der Waals surface area contributed by atoms with Gasteiger partial charge in [-0.05, 0) is 77.0 Å². The first kappa shape index (κ1) is 71.4. The van der Waals surface area contributed by atoms with Gasteiger partial charge in [0, 0.05) is 6.42 Å². The molecule has 0 heterocycles. The van der Waals surface area contributed by atoms with E-state index in [-0.39, 0.29) is 19.1 Å². The molecule has 428 valence electrons. The normalized spacial score (nSPS) is 14.5. The summed E-state index contributed by atoms with van der Waals surface area (Å²) in [6.45, 7) is 4.61. The summed E-state index contributed by atoms with van der Waals surface area (Å²) in [6.07, 6.45) is 78.7. The minimum Gasteiger partial charge on any atom is -0.756 e. The van der Waals surface area contributed by atoms with Gasteiger partial charge in [-0.1, -0.05) is 272 Å². The summed E-state index contributed by atoms with van der Waals surface area (Å²) in [6, 6.07) is -0.807. The monoisotopic (exact) mass is 1050 g/mol. The van der Waals surface area contributed by atoms with Crippen molar-refractivity contribution in [2.75, 3.05) is 40.9 Å². The van der Waals surface area contributed by atoms with Gasteiger partial charge in [0.05, 0.1) is 39.9 Å². The van der Waals surface area contributed by atoms with Crippen LogP contribution in [0.4, 0.5) is 0 Å². The van der Waals surface area contributed by atoms with Gasteiger partial charge in [-0.15, -0.1) is 0 Å². The third-order valence-corrected chi connectivity index (χ3v) is 14.3. The summed E-state index contributed by atoms with van der Waals surface area (Å²) in [4.78, 5) is 25.5. The molecule has 0 rings (SSSR count). The van der Waals surface area contributed by atoms with Gasteiger partial charge in [-0.2, -0.15) is 0 Å². The number of carbonyl (C=O) groups excluding carboxylic acids is 1. The largest absolute Gasteiger partial charge is 0.756 e. The van der Waals surface area contributed by atoms with Crippen molar-refractivity contribution in [1.29, 1.82) is 0 Å². The molecule has 0 fully saturated rings. The molecule has 0 aliphatic carbocycles. The Morgan fingerprint density at radius 2 is 0.824 bits per heavy atom. The predicted octanol–water partition coefficient (Wildman–Crippen LogP) is 18.4. The lowest BCUT2D eigenvalue weighted by Gasteiger charge is -2.30. The molecule has 0 aliphatic heterocycles. The first-order valence-electron chi connectivity index (χ1n) is 30.6. The van der Waals surface area contributed by atoms with Crippen molar-refractivity contribution in [2.45, 2.75) is 270 Å². The molecule has 0 aromatic heterocycles. The van der Waals surface area contributed by atoms with Crippen LogP contribution in [0.3, 0.4) is 0 Å². The molecule has 1 amide bonds. The van der Waals surface area contributed by atoms with E-state index < -0.39 is 20.0 Å². The summed E-state index contributed by atoms with van der Waals surface area (Å²) in [5.74, 6) is -0.169. The number of quaternary nitrogens is 1. The third kappa shape index (κ3) is 57.1. The molecule has 0 aromatic rings. The van der Waals surface area contributed by atoms with Crippen LogP contribution >= 0.6 is 7.82 Å². The zero-order valence-corrected chi connectivity index (χ0v) is 49.7. The molecule has 0 radical (unpaired) electrons. The van der Waals surface area contributed by atoms with Crippen molar-refractivity contribution < 1.29 is 32.9 Å². The molecule has 0 spiro atoms. The number of amides is 1. The van der Waals surface area contributed by atoms with E-state index in [1.807, 2.05) is 21.1 Å². The Balaban J connectivity index is 4.06. The molecular formula is C65H117N2O6P. The van der Waals surface area contributed by atoms with Crippen LogP contribution in [0.15, 0.2) is 97.2 Å². The van der Waals surface area contributed by atoms with E-state index in [1.165, 1.54) is 141 Å². The predicted molar refractivity (Wildman–Crippen MR) is 320 cm³/mol. The number of nitrogens with one attached hydrogen (secondary N) is 1. The number of aliphatic hydroxyl groups is 1. The Morgan fingerprint density at radius 3 is 1.20 bits per heavy atom. The molecule has 0 aliphatic rings. The number of aliphatic hydroxyl groups excluding tert-OH is 1. The van der Waals surface area contributed by atoms with E-state index in [9.17, 15) is 19.4 Å². The Labute approximate surface area is 458 Å². The van der Waals surface area contributed by atoms with Crippen molar-refractivity contribution in [3.05, 3.63) is 97.2 Å². The number of rotatable bonds is 55. The summed E-state index contributed by atoms with van der Waals surface area (Å²) in [5, 5.41) is 14.0. The van der Waals surface area contributed by atoms with Crippen LogP contribution in [0.2, 0.25) is 0 Å². The molecule has 2 N–H and O–H groups in total. The van der Waals surface area contributed by atoms with Crippen LogP contribution in [0.1, 0.15) is 258 Å². The molecule has 3 unspecified atom stereocenters. The highest BCUT2D eigenvalue weighted by Gasteiger charge is 2.24. The minimum atomic E-state index is -4.58. The molecule has 74 heavy (non-hydrogen) atoms. The van der Waals surface area contributed by atoms with Gasteiger partial charge in [0.1, 0.15) is 13.2 Å². The number of phosphoric acid groups is 1. The fourth-order valence-electron chi connectivity index (χ4n) is 8.59. The zero-order chi connectivity index (χ0) is 54.2. The lowest BCUT2D eigenvalue weighted by Crippen LogP contribution is -2.46. The number of allylic oxidation sites excluding steroid dienone is 16. The molecule has 0 saturated carbocycles. The van der Waals surface area contributed by atoms with E-state index in [4.69, 9.17) is 9.05 Å². The minimum absolute atomic E-state index is 0.00873. The molecular weight excluding hydrogens is 936 g/mol. The quantitative estimate of drug-likeness (QED) is 0.0272. The highest BCUT2D eigenvalue weighted by Crippen LogP contribution is 2.38. The van der Waals surface area contributed by atoms with Gasteiger partial charge in [-0.25, -0.2) is 0 Å². The van der Waals surface area contributed by atoms with E-state index in [0.717, 1.165) is 89.9 Å². The van der Waals surface area contributed by atoms with E-state index in [1.54, 1.807) is 0 Å². The van der Waals surface area contributed by atoms with E-state index >= 15 is 0 Å². The van der Waals surface area contributed by atoms with Gasteiger partial charge in [0.15, 0.2) is 0 Å². The number of nitrogens with zero attached hydrogens (tertiary/aromatic N) is 1. The summed E-state index contributed by atoms with van der Waals surface area (Å²) < 4.78 is 23.4. The van der Waals surface area contributed by atoms with Gasteiger partial charge < -0.3 is 28.8 Å². The van der Waals surface area contributed by atoms with Crippen molar-refractivity contribution in [3.8, 4) is 0 Å². The van der Waals surface area contributed by atoms with Gasteiger partial charge in [0.2, 0.25) is 5.91 Å². The summed E-state index contributed by atoms with van der Waals surface area (Å²) >= 11 is 0. The molecule has 9 heteroatoms. The Hall–Kier alpha value is -2.58. The fourth-order valence-corrected chi connectivity index (χ4v) is 9.31. The van der Waals surface area contributed by atoms with Gasteiger partial charge in [0.25, 0.3) is 7.82 Å². The number of phosphoric ester groups is 1. The highest BCUT2D eigenvalue weighted by molar-refractivity contribution is 7.45. The number of carbonyl (C=O) groups is 1. The highest BCUT2D eigenvalue weighted by atomic mass is 31.2. The first-order chi connectivity index (χ1) is 36.0. The van der Waals surface area contributed by atoms with Gasteiger partial charge in [-0.3, -0.25) is 9.36 Å². The Morgan fingerprint density at radius 1 is 0.486 bits per heavy atom. The lowest BCUT2D eigenvalue weighted by molar-refractivity contribution is -0.870. The number of unbranched alkanes of at least 4 members (excludes halogenated alkanes) is 26. The maximum atomic E-state index is 13.0. The fraction of sp³-hybridized carbons (Fsp3) is 0.738. The third-order valence-electron chi connectivity index (χ3n) is 13.3. The Kier molecular flexibility index (Phi) is 53.3. The first-order valence-corrected chi connectivity index (χ1v) is 32.0. The van der Waals surface area contributed by atoms with Crippen LogP contribution in [0.5, 0.6) is 0 Å². The maximum Gasteiger partial charge on any atom is 0.268 e. The number of likely N-dealkylation sites (N-methyl/N-ethyl adjacent to an activating group) is 1. The molecule has 0 saturated heterocycles. The molecule has 0 aromatic carbocycles. The molecule has 8 nitrogen and oxygen atoms in total.